The summed E-state index contributed by atoms with van der Waals surface area (Å²) in [6.45, 7) is 2.23. The molecule has 0 radical (unpaired) electrons. The van der Waals surface area contributed by atoms with Crippen LogP contribution in [0.2, 0.25) is 5.02 Å². The van der Waals surface area contributed by atoms with Crippen LogP contribution in [-0.4, -0.2) is 60.4 Å². The monoisotopic (exact) mass is 350 g/mol. The van der Waals surface area contributed by atoms with E-state index in [1.165, 1.54) is 0 Å². The summed E-state index contributed by atoms with van der Waals surface area (Å²) in [7, 11) is 0. The highest BCUT2D eigenvalue weighted by molar-refractivity contribution is 6.31. The molecular weight excluding hydrogens is 332 g/mol. The molecule has 128 valence electrons. The van der Waals surface area contributed by atoms with E-state index in [2.05, 4.69) is 10.6 Å². The molecule has 0 spiro atoms. The van der Waals surface area contributed by atoms with Gasteiger partial charge in [-0.05, 0) is 31.0 Å². The zero-order valence-corrected chi connectivity index (χ0v) is 13.9. The average molecular weight is 351 g/mol. The summed E-state index contributed by atoms with van der Waals surface area (Å²) in [6, 6.07) is 4.57. The molecule has 2 heterocycles. The van der Waals surface area contributed by atoms with Gasteiger partial charge < -0.3 is 15.5 Å². The van der Waals surface area contributed by atoms with Crippen LogP contribution in [0.15, 0.2) is 18.2 Å². The van der Waals surface area contributed by atoms with E-state index >= 15 is 0 Å². The number of rotatable bonds is 4. The number of hydrogen-bond acceptors (Lipinski definition) is 4. The van der Waals surface area contributed by atoms with Crippen molar-refractivity contribution in [2.45, 2.75) is 12.8 Å². The van der Waals surface area contributed by atoms with Gasteiger partial charge in [0, 0.05) is 36.9 Å². The molecule has 2 fully saturated rings. The van der Waals surface area contributed by atoms with Crippen LogP contribution >= 0.6 is 11.6 Å². The number of anilines is 1. The van der Waals surface area contributed by atoms with Gasteiger partial charge in [-0.1, -0.05) is 11.6 Å². The molecule has 3 rings (SSSR count). The molecule has 0 saturated carbocycles. The van der Waals surface area contributed by atoms with Gasteiger partial charge in [-0.15, -0.1) is 0 Å². The number of carbonyl (C=O) groups excluding carboxylic acids is 3. The molecule has 0 bridgehead atoms. The van der Waals surface area contributed by atoms with Crippen molar-refractivity contribution in [3.05, 3.63) is 28.8 Å². The zero-order valence-electron chi connectivity index (χ0n) is 13.2. The predicted molar refractivity (Wildman–Crippen MR) is 90.2 cm³/mol. The van der Waals surface area contributed by atoms with Crippen LogP contribution in [-0.2, 0) is 4.79 Å². The number of benzene rings is 1. The van der Waals surface area contributed by atoms with Crippen molar-refractivity contribution < 1.29 is 14.4 Å². The fourth-order valence-electron chi connectivity index (χ4n) is 2.91. The van der Waals surface area contributed by atoms with Crippen molar-refractivity contribution in [1.82, 2.24) is 15.1 Å². The minimum Gasteiger partial charge on any atom is -0.375 e. The van der Waals surface area contributed by atoms with Gasteiger partial charge in [0.25, 0.3) is 5.91 Å². The maximum absolute atomic E-state index is 12.6. The van der Waals surface area contributed by atoms with Gasteiger partial charge in [-0.3, -0.25) is 14.5 Å². The number of nitrogens with zero attached hydrogens (tertiary/aromatic N) is 2. The van der Waals surface area contributed by atoms with E-state index in [4.69, 9.17) is 11.6 Å². The Bertz CT molecular complexity index is 673. The lowest BCUT2D eigenvalue weighted by Gasteiger charge is -2.19. The van der Waals surface area contributed by atoms with Crippen LogP contribution in [0.25, 0.3) is 0 Å². The Morgan fingerprint density at radius 2 is 1.96 bits per heavy atom. The molecule has 1 aromatic rings. The topological polar surface area (TPSA) is 81.8 Å². The number of amides is 4. The average Bonchev–Trinajstić information content (AvgIpc) is 3.24. The van der Waals surface area contributed by atoms with Gasteiger partial charge in [-0.25, -0.2) is 4.79 Å². The van der Waals surface area contributed by atoms with Crippen molar-refractivity contribution in [2.75, 3.05) is 38.0 Å². The molecule has 0 aromatic heterocycles. The van der Waals surface area contributed by atoms with Crippen LogP contribution in [0.4, 0.5) is 10.5 Å². The Balaban J connectivity index is 1.71. The molecule has 2 saturated heterocycles. The third kappa shape index (κ3) is 3.46. The quantitative estimate of drug-likeness (QED) is 0.863. The fourth-order valence-corrected chi connectivity index (χ4v) is 3.09. The highest BCUT2D eigenvalue weighted by atomic mass is 35.5. The Kier molecular flexibility index (Phi) is 4.89. The van der Waals surface area contributed by atoms with E-state index in [1.54, 1.807) is 23.1 Å². The number of halogens is 1. The van der Waals surface area contributed by atoms with Gasteiger partial charge in [-0.2, -0.15) is 0 Å². The van der Waals surface area contributed by atoms with E-state index in [-0.39, 0.29) is 24.4 Å². The van der Waals surface area contributed by atoms with Gasteiger partial charge in [0.1, 0.15) is 0 Å². The van der Waals surface area contributed by atoms with Crippen molar-refractivity contribution in [3.63, 3.8) is 0 Å². The minimum atomic E-state index is -0.383. The molecular formula is C16H19ClN4O3. The second kappa shape index (κ2) is 7.09. The molecule has 2 aliphatic rings. The number of hydrogen-bond donors (Lipinski definition) is 2. The SMILES string of the molecule is O=C(c1cc(Cl)ccc1NCC(=O)N1CCNC1=O)N1CCCC1. The van der Waals surface area contributed by atoms with E-state index in [9.17, 15) is 14.4 Å². The lowest BCUT2D eigenvalue weighted by molar-refractivity contribution is -0.125. The summed E-state index contributed by atoms with van der Waals surface area (Å²) in [5.74, 6) is -0.427. The number of nitrogens with one attached hydrogen (secondary N) is 2. The summed E-state index contributed by atoms with van der Waals surface area (Å²) in [5.41, 5.74) is 0.993. The van der Waals surface area contributed by atoms with Gasteiger partial charge in [0.05, 0.1) is 12.1 Å². The molecule has 0 unspecified atom stereocenters. The number of carbonyl (C=O) groups is 3. The van der Waals surface area contributed by atoms with Crippen LogP contribution in [0.5, 0.6) is 0 Å². The lowest BCUT2D eigenvalue weighted by atomic mass is 10.1. The summed E-state index contributed by atoms with van der Waals surface area (Å²) in [4.78, 5) is 39.2. The Morgan fingerprint density at radius 3 is 2.62 bits per heavy atom. The first kappa shape index (κ1) is 16.6. The zero-order chi connectivity index (χ0) is 17.1. The van der Waals surface area contributed by atoms with Crippen LogP contribution in [0.3, 0.4) is 0 Å². The molecule has 4 amide bonds. The summed E-state index contributed by atoms with van der Waals surface area (Å²) in [6.07, 6.45) is 2.00. The van der Waals surface area contributed by atoms with E-state index < -0.39 is 0 Å². The predicted octanol–water partition coefficient (Wildman–Crippen LogP) is 1.54. The highest BCUT2D eigenvalue weighted by Gasteiger charge is 2.26. The van der Waals surface area contributed by atoms with Crippen LogP contribution < -0.4 is 10.6 Å². The molecule has 1 aromatic carbocycles. The third-order valence-corrected chi connectivity index (χ3v) is 4.43. The molecule has 2 N–H and O–H groups in total. The van der Waals surface area contributed by atoms with Crippen LogP contribution in [0.1, 0.15) is 23.2 Å². The second-order valence-electron chi connectivity index (χ2n) is 5.82. The Hall–Kier alpha value is -2.28. The van der Waals surface area contributed by atoms with Gasteiger partial charge in [0.15, 0.2) is 0 Å². The van der Waals surface area contributed by atoms with Gasteiger partial charge in [0.2, 0.25) is 5.91 Å². The molecule has 7 nitrogen and oxygen atoms in total. The van der Waals surface area contributed by atoms with Gasteiger partial charge >= 0.3 is 6.03 Å². The third-order valence-electron chi connectivity index (χ3n) is 4.19. The molecule has 2 aliphatic heterocycles. The maximum Gasteiger partial charge on any atom is 0.324 e. The maximum atomic E-state index is 12.6. The summed E-state index contributed by atoms with van der Waals surface area (Å²) < 4.78 is 0. The fraction of sp³-hybridized carbons (Fsp3) is 0.438. The smallest absolute Gasteiger partial charge is 0.324 e. The van der Waals surface area contributed by atoms with Crippen molar-refractivity contribution in [3.8, 4) is 0 Å². The summed E-state index contributed by atoms with van der Waals surface area (Å²) in [5, 5.41) is 6.01. The summed E-state index contributed by atoms with van der Waals surface area (Å²) >= 11 is 6.03. The van der Waals surface area contributed by atoms with Crippen LogP contribution in [0, 0.1) is 0 Å². The first-order valence-corrected chi connectivity index (χ1v) is 8.35. The number of imide groups is 1. The Morgan fingerprint density at radius 1 is 1.21 bits per heavy atom. The first-order valence-electron chi connectivity index (χ1n) is 7.97. The standard InChI is InChI=1S/C16H19ClN4O3/c17-11-3-4-13(12(9-11)15(23)20-6-1-2-7-20)19-10-14(22)21-8-5-18-16(21)24/h3-4,9,19H,1-2,5-8,10H2,(H,18,24). The normalized spacial score (nSPS) is 17.1. The van der Waals surface area contributed by atoms with Crippen molar-refractivity contribution in [2.24, 2.45) is 0 Å². The Labute approximate surface area is 144 Å². The molecule has 0 aliphatic carbocycles. The lowest BCUT2D eigenvalue weighted by Crippen LogP contribution is -2.38. The number of urea groups is 1. The number of likely N-dealkylation sites (tertiary alicyclic amines) is 1. The minimum absolute atomic E-state index is 0.0602. The molecule has 24 heavy (non-hydrogen) atoms. The van der Waals surface area contributed by atoms with Crippen molar-refractivity contribution >= 4 is 35.1 Å². The molecule has 8 heteroatoms. The largest absolute Gasteiger partial charge is 0.375 e. The van der Waals surface area contributed by atoms with Crippen molar-refractivity contribution in [1.29, 1.82) is 0 Å². The highest BCUT2D eigenvalue weighted by Crippen LogP contribution is 2.24. The van der Waals surface area contributed by atoms with E-state index in [0.29, 0.717) is 29.4 Å². The van der Waals surface area contributed by atoms with E-state index in [1.807, 2.05) is 0 Å². The first-order chi connectivity index (χ1) is 11.6. The molecule has 0 atom stereocenters. The second-order valence-corrected chi connectivity index (χ2v) is 6.26. The van der Waals surface area contributed by atoms with E-state index in [0.717, 1.165) is 30.8 Å².